The monoisotopic (exact) mass is 403 g/mol. The van der Waals surface area contributed by atoms with E-state index in [1.54, 1.807) is 6.20 Å². The van der Waals surface area contributed by atoms with Crippen molar-refractivity contribution in [3.8, 4) is 0 Å². The first kappa shape index (κ1) is 19.1. The zero-order chi connectivity index (χ0) is 16.7. The highest BCUT2D eigenvalue weighted by Gasteiger charge is 2.07. The summed E-state index contributed by atoms with van der Waals surface area (Å²) < 4.78 is 2.22. The van der Waals surface area contributed by atoms with Crippen molar-refractivity contribution < 1.29 is 0 Å². The molecule has 0 radical (unpaired) electrons. The molecule has 0 amide bonds. The van der Waals surface area contributed by atoms with Crippen molar-refractivity contribution in [2.45, 2.75) is 33.6 Å². The van der Waals surface area contributed by atoms with Gasteiger partial charge in [-0.15, -0.1) is 0 Å². The van der Waals surface area contributed by atoms with Crippen LogP contribution in [0.1, 0.15) is 31.4 Å². The molecule has 22 heavy (non-hydrogen) atoms. The third-order valence-corrected chi connectivity index (χ3v) is 4.30. The lowest BCUT2D eigenvalue weighted by atomic mass is 10.0. The predicted molar refractivity (Wildman–Crippen MR) is 100 cm³/mol. The second kappa shape index (κ2) is 9.23. The Kier molecular flexibility index (Phi) is 8.01. The summed E-state index contributed by atoms with van der Waals surface area (Å²) in [6.07, 6.45) is 5.09. The van der Waals surface area contributed by atoms with E-state index in [1.807, 2.05) is 32.1 Å². The lowest BCUT2D eigenvalue weighted by Gasteiger charge is -2.07. The Bertz CT molecular complexity index is 631. The highest BCUT2D eigenvalue weighted by Crippen LogP contribution is 2.25. The first-order chi connectivity index (χ1) is 10.5. The molecular formula is C16H20BrCl2N3. The van der Waals surface area contributed by atoms with Crippen LogP contribution in [0.25, 0.3) is 5.16 Å². The first-order valence-electron chi connectivity index (χ1n) is 7.09. The second-order valence-electron chi connectivity index (χ2n) is 4.39. The maximum atomic E-state index is 6.20. The van der Waals surface area contributed by atoms with Gasteiger partial charge in [0.1, 0.15) is 11.0 Å². The second-order valence-corrected chi connectivity index (χ2v) is 6.04. The molecule has 120 valence electrons. The molecule has 2 N–H and O–H groups in total. The predicted octanol–water partition coefficient (Wildman–Crippen LogP) is 5.89. The van der Waals surface area contributed by atoms with Gasteiger partial charge >= 0.3 is 0 Å². The summed E-state index contributed by atoms with van der Waals surface area (Å²) in [4.78, 5) is 0. The van der Waals surface area contributed by atoms with Crippen molar-refractivity contribution >= 4 is 50.1 Å². The average Bonchev–Trinajstić information content (AvgIpc) is 2.84. The Labute approximate surface area is 150 Å². The molecule has 0 fully saturated rings. The number of anilines is 1. The molecule has 0 spiro atoms. The lowest BCUT2D eigenvalue weighted by Crippen LogP contribution is -2.00. The van der Waals surface area contributed by atoms with E-state index in [4.69, 9.17) is 28.9 Å². The van der Waals surface area contributed by atoms with E-state index in [9.17, 15) is 0 Å². The number of rotatable bonds is 4. The Morgan fingerprint density at radius 1 is 1.41 bits per heavy atom. The van der Waals surface area contributed by atoms with Gasteiger partial charge in [-0.3, -0.25) is 0 Å². The fourth-order valence-corrected chi connectivity index (χ4v) is 2.73. The van der Waals surface area contributed by atoms with E-state index in [2.05, 4.69) is 34.0 Å². The number of aromatic nitrogens is 2. The molecule has 0 unspecified atom stereocenters. The summed E-state index contributed by atoms with van der Waals surface area (Å²) in [6, 6.07) is 5.90. The number of aryl methyl sites for hydroxylation is 1. The minimum Gasteiger partial charge on any atom is -0.383 e. The molecule has 0 atom stereocenters. The average molecular weight is 405 g/mol. The van der Waals surface area contributed by atoms with Crippen molar-refractivity contribution in [1.29, 1.82) is 0 Å². The fraction of sp³-hybridized carbons (Fsp3) is 0.312. The van der Waals surface area contributed by atoms with E-state index < -0.39 is 0 Å². The minimum absolute atomic E-state index is 0.484. The van der Waals surface area contributed by atoms with Gasteiger partial charge in [-0.2, -0.15) is 5.10 Å². The van der Waals surface area contributed by atoms with Crippen LogP contribution < -0.4 is 5.73 Å². The SMILES string of the molecule is CC.Cc1cccc(Cl)c1CC/C=C(/Cl)n1ncc(Br)c1N. The first-order valence-corrected chi connectivity index (χ1v) is 8.64. The van der Waals surface area contributed by atoms with Crippen LogP contribution in [0.5, 0.6) is 0 Å². The van der Waals surface area contributed by atoms with Crippen LogP contribution in [0, 0.1) is 6.92 Å². The summed E-state index contributed by atoms with van der Waals surface area (Å²) >= 11 is 15.7. The normalized spacial score (nSPS) is 11.1. The van der Waals surface area contributed by atoms with Crippen molar-refractivity contribution in [2.75, 3.05) is 5.73 Å². The number of hydrogen-bond acceptors (Lipinski definition) is 2. The summed E-state index contributed by atoms with van der Waals surface area (Å²) in [6.45, 7) is 6.05. The molecule has 0 saturated carbocycles. The Morgan fingerprint density at radius 3 is 2.64 bits per heavy atom. The number of allylic oxidation sites excluding steroid dienone is 1. The number of nitrogens with zero attached hydrogens (tertiary/aromatic N) is 2. The largest absolute Gasteiger partial charge is 0.383 e. The molecule has 3 nitrogen and oxygen atoms in total. The van der Waals surface area contributed by atoms with Crippen LogP contribution in [0.4, 0.5) is 5.82 Å². The van der Waals surface area contributed by atoms with Crippen LogP contribution in [-0.2, 0) is 6.42 Å². The molecular weight excluding hydrogens is 385 g/mol. The molecule has 0 aliphatic carbocycles. The van der Waals surface area contributed by atoms with Gasteiger partial charge in [0.05, 0.1) is 10.7 Å². The van der Waals surface area contributed by atoms with Crippen molar-refractivity contribution in [3.63, 3.8) is 0 Å². The zero-order valence-electron chi connectivity index (χ0n) is 12.9. The molecule has 0 aliphatic heterocycles. The van der Waals surface area contributed by atoms with Gasteiger partial charge in [0.2, 0.25) is 0 Å². The van der Waals surface area contributed by atoms with E-state index in [1.165, 1.54) is 10.2 Å². The van der Waals surface area contributed by atoms with Gasteiger partial charge in [0.25, 0.3) is 0 Å². The standard InChI is InChI=1S/C14H14BrCl2N3.C2H6/c1-9-4-2-6-12(16)10(9)5-3-7-13(17)20-14(18)11(15)8-19-20;1-2/h2,4,6-8H,3,5,18H2,1H3;1-2H3/b13-7-;. The molecule has 1 aromatic carbocycles. The Hall–Kier alpha value is -0.970. The molecule has 6 heteroatoms. The minimum atomic E-state index is 0.484. The van der Waals surface area contributed by atoms with Gasteiger partial charge in [0, 0.05) is 5.02 Å². The van der Waals surface area contributed by atoms with Gasteiger partial charge in [-0.1, -0.05) is 49.2 Å². The van der Waals surface area contributed by atoms with Crippen LogP contribution in [-0.4, -0.2) is 9.78 Å². The number of benzene rings is 1. The van der Waals surface area contributed by atoms with Crippen molar-refractivity contribution in [1.82, 2.24) is 9.78 Å². The van der Waals surface area contributed by atoms with Gasteiger partial charge in [-0.25, -0.2) is 4.68 Å². The van der Waals surface area contributed by atoms with E-state index in [0.29, 0.717) is 11.0 Å². The van der Waals surface area contributed by atoms with Crippen LogP contribution in [0.3, 0.4) is 0 Å². The molecule has 1 aromatic heterocycles. The third kappa shape index (κ3) is 4.77. The Balaban J connectivity index is 0.00000116. The quantitative estimate of drug-likeness (QED) is 0.690. The molecule has 2 rings (SSSR count). The molecule has 1 heterocycles. The molecule has 0 saturated heterocycles. The highest BCUT2D eigenvalue weighted by atomic mass is 79.9. The lowest BCUT2D eigenvalue weighted by molar-refractivity contribution is 0.917. The summed E-state index contributed by atoms with van der Waals surface area (Å²) in [5.41, 5.74) is 8.17. The summed E-state index contributed by atoms with van der Waals surface area (Å²) in [5, 5.41) is 5.37. The van der Waals surface area contributed by atoms with E-state index in [-0.39, 0.29) is 0 Å². The highest BCUT2D eigenvalue weighted by molar-refractivity contribution is 9.10. The van der Waals surface area contributed by atoms with Crippen LogP contribution >= 0.6 is 39.1 Å². The molecule has 2 aromatic rings. The number of nitrogen functional groups attached to an aromatic ring is 1. The fourth-order valence-electron chi connectivity index (χ4n) is 1.91. The van der Waals surface area contributed by atoms with Crippen molar-refractivity contribution in [2.24, 2.45) is 0 Å². The molecule has 0 bridgehead atoms. The topological polar surface area (TPSA) is 43.8 Å². The summed E-state index contributed by atoms with van der Waals surface area (Å²) in [5.74, 6) is 0.486. The zero-order valence-corrected chi connectivity index (χ0v) is 16.0. The maximum Gasteiger partial charge on any atom is 0.142 e. The van der Waals surface area contributed by atoms with E-state index >= 15 is 0 Å². The molecule has 0 aliphatic rings. The maximum absolute atomic E-state index is 6.20. The Morgan fingerprint density at radius 2 is 2.09 bits per heavy atom. The van der Waals surface area contributed by atoms with E-state index in [0.717, 1.165) is 27.9 Å². The smallest absolute Gasteiger partial charge is 0.142 e. The van der Waals surface area contributed by atoms with Crippen LogP contribution in [0.15, 0.2) is 34.9 Å². The third-order valence-electron chi connectivity index (χ3n) is 3.02. The number of halogens is 3. The number of nitrogens with two attached hydrogens (primary N) is 1. The van der Waals surface area contributed by atoms with Crippen LogP contribution in [0.2, 0.25) is 5.02 Å². The summed E-state index contributed by atoms with van der Waals surface area (Å²) in [7, 11) is 0. The number of hydrogen-bond donors (Lipinski definition) is 1. The van der Waals surface area contributed by atoms with Crippen molar-refractivity contribution in [3.05, 3.63) is 51.1 Å². The van der Waals surface area contributed by atoms with Gasteiger partial charge in [0.15, 0.2) is 0 Å². The van der Waals surface area contributed by atoms with Gasteiger partial charge in [-0.05, 0) is 59.0 Å². The van der Waals surface area contributed by atoms with Gasteiger partial charge < -0.3 is 5.73 Å².